The molecule has 1 aliphatic heterocycles. The van der Waals surface area contributed by atoms with E-state index in [0.29, 0.717) is 0 Å². The second-order valence-corrected chi connectivity index (χ2v) is 6.50. The molecule has 1 heterocycles. The summed E-state index contributed by atoms with van der Waals surface area (Å²) in [6, 6.07) is 10.8. The SMILES string of the molecule is CN(C)[C@]1(c2ccccc2)CC[C@]2(CC1)CNC(O)N2. The summed E-state index contributed by atoms with van der Waals surface area (Å²) in [6.07, 6.45) is 3.86. The summed E-state index contributed by atoms with van der Waals surface area (Å²) in [5.41, 5.74) is 1.61. The van der Waals surface area contributed by atoms with Crippen LogP contribution in [0.2, 0.25) is 0 Å². The molecule has 3 rings (SSSR count). The van der Waals surface area contributed by atoms with Crippen molar-refractivity contribution < 1.29 is 5.11 Å². The van der Waals surface area contributed by atoms with E-state index in [4.69, 9.17) is 0 Å². The summed E-state index contributed by atoms with van der Waals surface area (Å²) in [5.74, 6) is 0. The van der Waals surface area contributed by atoms with Crippen LogP contribution in [0.1, 0.15) is 31.2 Å². The third-order valence-electron chi connectivity index (χ3n) is 5.28. The third kappa shape index (κ3) is 2.27. The van der Waals surface area contributed by atoms with Gasteiger partial charge in [0.25, 0.3) is 0 Å². The lowest BCUT2D eigenvalue weighted by atomic mass is 9.69. The van der Waals surface area contributed by atoms with Crippen molar-refractivity contribution in [3.8, 4) is 0 Å². The van der Waals surface area contributed by atoms with Gasteiger partial charge in [0.1, 0.15) is 0 Å². The lowest BCUT2D eigenvalue weighted by Crippen LogP contribution is -2.54. The minimum absolute atomic E-state index is 0.0771. The highest BCUT2D eigenvalue weighted by Gasteiger charge is 2.47. The first kappa shape index (κ1) is 14.0. The van der Waals surface area contributed by atoms with Crippen LogP contribution >= 0.6 is 0 Å². The van der Waals surface area contributed by atoms with Crippen LogP contribution in [-0.4, -0.2) is 42.5 Å². The quantitative estimate of drug-likeness (QED) is 0.760. The zero-order valence-corrected chi connectivity index (χ0v) is 12.4. The predicted molar refractivity (Wildman–Crippen MR) is 80.2 cm³/mol. The molecule has 0 radical (unpaired) electrons. The van der Waals surface area contributed by atoms with Gasteiger partial charge >= 0.3 is 0 Å². The van der Waals surface area contributed by atoms with E-state index in [0.717, 1.165) is 32.2 Å². The normalized spacial score (nSPS) is 37.7. The molecular formula is C16H25N3O. The molecule has 4 heteroatoms. The molecule has 3 N–H and O–H groups in total. The molecule has 1 saturated carbocycles. The van der Waals surface area contributed by atoms with Crippen LogP contribution < -0.4 is 10.6 Å². The topological polar surface area (TPSA) is 47.5 Å². The molecule has 0 amide bonds. The van der Waals surface area contributed by atoms with E-state index in [1.165, 1.54) is 5.56 Å². The van der Waals surface area contributed by atoms with Crippen molar-refractivity contribution in [2.24, 2.45) is 0 Å². The van der Waals surface area contributed by atoms with Crippen molar-refractivity contribution in [2.45, 2.75) is 43.1 Å². The van der Waals surface area contributed by atoms with E-state index in [-0.39, 0.29) is 11.1 Å². The van der Waals surface area contributed by atoms with Gasteiger partial charge in [0.15, 0.2) is 6.35 Å². The summed E-state index contributed by atoms with van der Waals surface area (Å²) in [6.45, 7) is 0.868. The van der Waals surface area contributed by atoms with Crippen LogP contribution in [0.15, 0.2) is 30.3 Å². The Bertz CT molecular complexity index is 452. The van der Waals surface area contributed by atoms with Crippen LogP contribution in [0, 0.1) is 0 Å². The minimum atomic E-state index is -0.543. The smallest absolute Gasteiger partial charge is 0.161 e. The summed E-state index contributed by atoms with van der Waals surface area (Å²) >= 11 is 0. The number of hydrogen-bond donors (Lipinski definition) is 3. The van der Waals surface area contributed by atoms with Gasteiger partial charge in [-0.05, 0) is 45.3 Å². The number of rotatable bonds is 2. The average molecular weight is 275 g/mol. The fraction of sp³-hybridized carbons (Fsp3) is 0.625. The first-order valence-corrected chi connectivity index (χ1v) is 7.49. The Morgan fingerprint density at radius 1 is 1.10 bits per heavy atom. The van der Waals surface area contributed by atoms with Gasteiger partial charge in [-0.25, -0.2) is 0 Å². The fourth-order valence-electron chi connectivity index (χ4n) is 3.89. The Hall–Kier alpha value is -0.940. The summed E-state index contributed by atoms with van der Waals surface area (Å²) in [4.78, 5) is 2.37. The van der Waals surface area contributed by atoms with E-state index >= 15 is 0 Å². The lowest BCUT2D eigenvalue weighted by molar-refractivity contribution is 0.0503. The van der Waals surface area contributed by atoms with Gasteiger partial charge in [-0.3, -0.25) is 15.5 Å². The molecule has 1 unspecified atom stereocenters. The summed E-state index contributed by atoms with van der Waals surface area (Å²) < 4.78 is 0. The number of aliphatic hydroxyl groups excluding tert-OH is 1. The molecule has 20 heavy (non-hydrogen) atoms. The van der Waals surface area contributed by atoms with E-state index in [1.54, 1.807) is 0 Å². The van der Waals surface area contributed by atoms with Crippen molar-refractivity contribution in [1.82, 2.24) is 15.5 Å². The van der Waals surface area contributed by atoms with Crippen molar-refractivity contribution in [3.05, 3.63) is 35.9 Å². The molecule has 1 aliphatic carbocycles. The number of nitrogens with zero attached hydrogens (tertiary/aromatic N) is 1. The molecule has 0 bridgehead atoms. The Balaban J connectivity index is 1.82. The zero-order valence-electron chi connectivity index (χ0n) is 12.4. The van der Waals surface area contributed by atoms with E-state index < -0.39 is 6.35 Å². The maximum Gasteiger partial charge on any atom is 0.161 e. The minimum Gasteiger partial charge on any atom is -0.365 e. The van der Waals surface area contributed by atoms with Gasteiger partial charge in [-0.15, -0.1) is 0 Å². The highest BCUT2D eigenvalue weighted by molar-refractivity contribution is 5.26. The molecule has 2 aliphatic rings. The number of aliphatic hydroxyl groups is 1. The molecular weight excluding hydrogens is 250 g/mol. The first-order chi connectivity index (χ1) is 9.56. The number of benzene rings is 1. The van der Waals surface area contributed by atoms with Gasteiger partial charge in [-0.1, -0.05) is 30.3 Å². The molecule has 1 atom stereocenters. The zero-order chi connectivity index (χ0) is 14.2. The monoisotopic (exact) mass is 275 g/mol. The molecule has 4 nitrogen and oxygen atoms in total. The Labute approximate surface area is 121 Å². The average Bonchev–Trinajstić information content (AvgIpc) is 2.82. The highest BCUT2D eigenvalue weighted by atomic mass is 16.3. The maximum absolute atomic E-state index is 9.67. The Kier molecular flexibility index (Phi) is 3.58. The molecule has 1 aromatic carbocycles. The second kappa shape index (κ2) is 5.11. The third-order valence-corrected chi connectivity index (χ3v) is 5.28. The van der Waals surface area contributed by atoms with Gasteiger partial charge in [0, 0.05) is 17.6 Å². The van der Waals surface area contributed by atoms with Crippen LogP contribution in [0.25, 0.3) is 0 Å². The Morgan fingerprint density at radius 2 is 1.75 bits per heavy atom. The van der Waals surface area contributed by atoms with Crippen molar-refractivity contribution >= 4 is 0 Å². The lowest BCUT2D eigenvalue weighted by Gasteiger charge is -2.49. The van der Waals surface area contributed by atoms with Crippen molar-refractivity contribution in [3.63, 3.8) is 0 Å². The molecule has 2 fully saturated rings. The van der Waals surface area contributed by atoms with E-state index in [2.05, 4.69) is 60.0 Å². The maximum atomic E-state index is 9.67. The number of nitrogens with one attached hydrogen (secondary N) is 2. The molecule has 1 saturated heterocycles. The number of hydrogen-bond acceptors (Lipinski definition) is 4. The van der Waals surface area contributed by atoms with Gasteiger partial charge < -0.3 is 5.11 Å². The first-order valence-electron chi connectivity index (χ1n) is 7.49. The molecule has 0 aromatic heterocycles. The largest absolute Gasteiger partial charge is 0.365 e. The van der Waals surface area contributed by atoms with Crippen molar-refractivity contribution in [1.29, 1.82) is 0 Å². The van der Waals surface area contributed by atoms with Crippen LogP contribution in [0.3, 0.4) is 0 Å². The predicted octanol–water partition coefficient (Wildman–Crippen LogP) is 1.22. The van der Waals surface area contributed by atoms with Gasteiger partial charge in [0.05, 0.1) is 0 Å². The summed E-state index contributed by atoms with van der Waals surface area (Å²) in [5, 5.41) is 16.1. The fourth-order valence-corrected chi connectivity index (χ4v) is 3.89. The molecule has 1 spiro atoms. The molecule has 1 aromatic rings. The highest BCUT2D eigenvalue weighted by Crippen LogP contribution is 2.45. The van der Waals surface area contributed by atoms with Gasteiger partial charge in [-0.2, -0.15) is 0 Å². The second-order valence-electron chi connectivity index (χ2n) is 6.50. The van der Waals surface area contributed by atoms with E-state index in [9.17, 15) is 5.11 Å². The van der Waals surface area contributed by atoms with E-state index in [1.807, 2.05) is 0 Å². The standard InChI is InChI=1S/C16H25N3O/c1-19(2)16(13-6-4-3-5-7-13)10-8-15(9-11-16)12-17-14(20)18-15/h3-7,14,17-18,20H,8-12H2,1-2H3/t14?,15-,16+. The van der Waals surface area contributed by atoms with Crippen LogP contribution in [0.4, 0.5) is 0 Å². The van der Waals surface area contributed by atoms with Crippen LogP contribution in [-0.2, 0) is 5.54 Å². The Morgan fingerprint density at radius 3 is 2.25 bits per heavy atom. The summed E-state index contributed by atoms with van der Waals surface area (Å²) in [7, 11) is 4.36. The van der Waals surface area contributed by atoms with Gasteiger partial charge in [0.2, 0.25) is 0 Å². The van der Waals surface area contributed by atoms with Crippen LogP contribution in [0.5, 0.6) is 0 Å². The molecule has 110 valence electrons. The van der Waals surface area contributed by atoms with Crippen molar-refractivity contribution in [2.75, 3.05) is 20.6 Å².